The van der Waals surface area contributed by atoms with Crippen LogP contribution in [0.25, 0.3) is 0 Å². The molecule has 1 aliphatic heterocycles. The van der Waals surface area contributed by atoms with Crippen LogP contribution < -0.4 is 27.0 Å². The van der Waals surface area contributed by atoms with E-state index in [1.54, 1.807) is 18.9 Å². The lowest BCUT2D eigenvalue weighted by Gasteiger charge is -2.32. The van der Waals surface area contributed by atoms with Crippen molar-refractivity contribution in [3.05, 3.63) is 35.9 Å². The quantitative estimate of drug-likeness (QED) is 0.0651. The molecule has 1 aromatic carbocycles. The molecule has 4 atom stereocenters. The number of benzene rings is 1. The van der Waals surface area contributed by atoms with Crippen LogP contribution in [0.4, 0.5) is 0 Å². The number of nitrogens with two attached hydrogens (primary N) is 2. The van der Waals surface area contributed by atoms with Gasteiger partial charge in [0.1, 0.15) is 31.3 Å². The van der Waals surface area contributed by atoms with Gasteiger partial charge >= 0.3 is 11.9 Å². The van der Waals surface area contributed by atoms with E-state index in [1.165, 1.54) is 0 Å². The molecule has 54 heavy (non-hydrogen) atoms. The molecule has 2 rings (SSSR count). The minimum atomic E-state index is -1.16. The molecule has 1 aliphatic rings. The van der Waals surface area contributed by atoms with Gasteiger partial charge in [-0.2, -0.15) is 0 Å². The van der Waals surface area contributed by atoms with E-state index in [0.717, 1.165) is 5.56 Å². The molecule has 1 heterocycles. The lowest BCUT2D eigenvalue weighted by Crippen LogP contribution is -2.47. The van der Waals surface area contributed by atoms with Crippen LogP contribution in [0.5, 0.6) is 0 Å². The number of guanidine groups is 1. The molecular formula is C34H63N7O13. The number of carbonyl (C=O) groups excluding carboxylic acids is 3. The maximum Gasteiger partial charge on any atom is 0.320 e. The van der Waals surface area contributed by atoms with Crippen molar-refractivity contribution < 1.29 is 73.1 Å². The number of carboxylic acid groups (broad SMARTS) is 4. The SMILES string of the molecule is CC(COC(CC(=O)[O-])C[N+](C)(C)C)OC(CC(=O)[O-])C[N+](C)(C)C.CN1CC(=O)NC1=N.NCC(=O)O.N[C@@H](Cc1ccccc1)C(=O)O.OCCO. The van der Waals surface area contributed by atoms with Gasteiger partial charge in [0.25, 0.3) is 0 Å². The zero-order valence-electron chi connectivity index (χ0n) is 32.7. The average molecular weight is 778 g/mol. The monoisotopic (exact) mass is 777 g/mol. The number of aliphatic hydroxyl groups is 2. The van der Waals surface area contributed by atoms with Gasteiger partial charge in [-0.25, -0.2) is 0 Å². The molecule has 0 radical (unpaired) electrons. The van der Waals surface area contributed by atoms with E-state index < -0.39 is 42.1 Å². The standard InChI is InChI=1S/C17H34N2O6.C9H11NO2.C4H7N3O.C2H5NO2.C2H6O2/c1-13(25-15(9-17(22)23)11-19(5,6)7)12-24-14(8-16(20)21)10-18(2,3)4;10-8(9(11)12)6-7-4-2-1-3-5-7;1-7-2-3(8)6-4(7)5;3-1-2(4)5;3-1-2-4/h13-15H,8-12H2,1-7H3;1-5,8H,6,10H2,(H,11,12);2H2,1H3,(H2,5,6,8);1,3H2,(H,4,5);3-4H,1-2H2/t;8-;;;/m.0.../s1. The predicted octanol–water partition coefficient (Wildman–Crippen LogP) is -4.54. The number of hydrogen-bond acceptors (Lipinski definition) is 14. The van der Waals surface area contributed by atoms with E-state index in [-0.39, 0.29) is 57.2 Å². The fourth-order valence-corrected chi connectivity index (χ4v) is 4.08. The third-order valence-electron chi connectivity index (χ3n) is 6.19. The molecule has 0 aromatic heterocycles. The van der Waals surface area contributed by atoms with Crippen molar-refractivity contribution in [1.82, 2.24) is 10.2 Å². The first-order valence-corrected chi connectivity index (χ1v) is 16.8. The van der Waals surface area contributed by atoms with Crippen LogP contribution in [-0.2, 0) is 39.9 Å². The van der Waals surface area contributed by atoms with E-state index in [0.29, 0.717) is 35.0 Å². The summed E-state index contributed by atoms with van der Waals surface area (Å²) in [6, 6.07) is 8.54. The first-order valence-electron chi connectivity index (χ1n) is 16.8. The number of carboxylic acids is 4. The molecule has 1 aromatic rings. The number of amides is 1. The second kappa shape index (κ2) is 29.1. The number of nitrogens with one attached hydrogen (secondary N) is 2. The molecule has 0 spiro atoms. The van der Waals surface area contributed by atoms with Crippen LogP contribution in [0.15, 0.2) is 30.3 Å². The Morgan fingerprint density at radius 2 is 1.37 bits per heavy atom. The van der Waals surface area contributed by atoms with Gasteiger partial charge in [0.15, 0.2) is 5.96 Å². The van der Waals surface area contributed by atoms with E-state index in [1.807, 2.05) is 72.6 Å². The number of nitrogens with zero attached hydrogens (tertiary/aromatic N) is 3. The maximum atomic E-state index is 10.9. The fraction of sp³-hybridized carbons (Fsp3) is 0.647. The van der Waals surface area contributed by atoms with Crippen LogP contribution in [0.1, 0.15) is 25.3 Å². The molecule has 0 aliphatic carbocycles. The van der Waals surface area contributed by atoms with Crippen molar-refractivity contribution in [3.8, 4) is 0 Å². The normalized spacial score (nSPS) is 14.4. The molecular weight excluding hydrogens is 714 g/mol. The number of hydrogen-bond donors (Lipinski definition) is 8. The zero-order valence-corrected chi connectivity index (χ0v) is 32.7. The van der Waals surface area contributed by atoms with Gasteiger partial charge in [-0.1, -0.05) is 30.3 Å². The summed E-state index contributed by atoms with van der Waals surface area (Å²) < 4.78 is 12.6. The van der Waals surface area contributed by atoms with Crippen LogP contribution in [0.3, 0.4) is 0 Å². The first kappa shape index (κ1) is 54.1. The number of ether oxygens (including phenoxy) is 2. The summed E-state index contributed by atoms with van der Waals surface area (Å²) in [7, 11) is 13.4. The largest absolute Gasteiger partial charge is 0.550 e. The highest BCUT2D eigenvalue weighted by Crippen LogP contribution is 2.11. The number of carbonyl (C=O) groups is 5. The van der Waals surface area contributed by atoms with Crippen molar-refractivity contribution in [3.63, 3.8) is 0 Å². The topological polar surface area (TPSA) is 322 Å². The molecule has 10 N–H and O–H groups in total. The fourth-order valence-electron chi connectivity index (χ4n) is 4.08. The Kier molecular flexibility index (Phi) is 29.2. The first-order chi connectivity index (χ1) is 24.8. The van der Waals surface area contributed by atoms with E-state index in [4.69, 9.17) is 41.0 Å². The number of aliphatic hydroxyl groups excluding tert-OH is 2. The Morgan fingerprint density at radius 1 is 0.926 bits per heavy atom. The van der Waals surface area contributed by atoms with E-state index in [9.17, 15) is 34.2 Å². The molecule has 1 amide bonds. The smallest absolute Gasteiger partial charge is 0.320 e. The highest BCUT2D eigenvalue weighted by Gasteiger charge is 2.24. The van der Waals surface area contributed by atoms with Crippen LogP contribution in [0, 0.1) is 5.41 Å². The number of quaternary nitrogens is 2. The van der Waals surface area contributed by atoms with Crippen LogP contribution in [-0.4, -0.2) is 190 Å². The third kappa shape index (κ3) is 36.1. The Morgan fingerprint density at radius 3 is 1.69 bits per heavy atom. The van der Waals surface area contributed by atoms with Crippen LogP contribution in [0.2, 0.25) is 0 Å². The molecule has 0 bridgehead atoms. The predicted molar refractivity (Wildman–Crippen MR) is 194 cm³/mol. The number of aliphatic carboxylic acids is 4. The molecule has 0 saturated carbocycles. The van der Waals surface area contributed by atoms with Gasteiger partial charge in [-0.3, -0.25) is 25.1 Å². The van der Waals surface area contributed by atoms with Crippen molar-refractivity contribution in [2.45, 2.75) is 50.5 Å². The van der Waals surface area contributed by atoms with Crippen molar-refractivity contribution in [2.75, 3.05) is 95.3 Å². The van der Waals surface area contributed by atoms with E-state index in [2.05, 4.69) is 11.1 Å². The van der Waals surface area contributed by atoms with Gasteiger partial charge in [0.05, 0.1) is 81.3 Å². The zero-order chi connectivity index (χ0) is 42.7. The maximum absolute atomic E-state index is 10.9. The Balaban J connectivity index is -0.000000729. The Bertz CT molecular complexity index is 1240. The Hall–Kier alpha value is -4.28. The van der Waals surface area contributed by atoms with Gasteiger partial charge in [0, 0.05) is 31.8 Å². The highest BCUT2D eigenvalue weighted by molar-refractivity contribution is 6.02. The summed E-state index contributed by atoms with van der Waals surface area (Å²) in [5.41, 5.74) is 10.9. The summed E-state index contributed by atoms with van der Waals surface area (Å²) in [4.78, 5) is 53.3. The van der Waals surface area contributed by atoms with Crippen molar-refractivity contribution >= 4 is 35.7 Å². The van der Waals surface area contributed by atoms with Crippen molar-refractivity contribution in [1.29, 1.82) is 5.41 Å². The molecule has 3 unspecified atom stereocenters. The van der Waals surface area contributed by atoms with E-state index >= 15 is 0 Å². The molecule has 20 nitrogen and oxygen atoms in total. The lowest BCUT2D eigenvalue weighted by molar-refractivity contribution is -0.874. The lowest BCUT2D eigenvalue weighted by atomic mass is 10.1. The highest BCUT2D eigenvalue weighted by atomic mass is 16.5. The molecule has 1 saturated heterocycles. The summed E-state index contributed by atoms with van der Waals surface area (Å²) in [5, 5.41) is 62.5. The summed E-state index contributed by atoms with van der Waals surface area (Å²) >= 11 is 0. The van der Waals surface area contributed by atoms with Gasteiger partial charge in [-0.15, -0.1) is 0 Å². The van der Waals surface area contributed by atoms with Gasteiger partial charge in [-0.05, 0) is 18.9 Å². The van der Waals surface area contributed by atoms with Gasteiger partial charge < -0.3 is 75.0 Å². The Labute approximate surface area is 317 Å². The molecule has 312 valence electrons. The molecule has 20 heteroatoms. The summed E-state index contributed by atoms with van der Waals surface area (Å²) in [5.74, 6) is -4.16. The van der Waals surface area contributed by atoms with Gasteiger partial charge in [0.2, 0.25) is 5.91 Å². The number of rotatable bonds is 18. The summed E-state index contributed by atoms with van der Waals surface area (Å²) in [6.45, 7) is 2.78. The summed E-state index contributed by atoms with van der Waals surface area (Å²) in [6.07, 6.45) is -1.36. The minimum absolute atomic E-state index is 0.0995. The second-order valence-electron chi connectivity index (χ2n) is 14.1. The number of likely N-dealkylation sites (N-methyl/N-ethyl adjacent to an activating group) is 3. The second-order valence-corrected chi connectivity index (χ2v) is 14.1. The van der Waals surface area contributed by atoms with Crippen LogP contribution >= 0.6 is 0 Å². The third-order valence-corrected chi connectivity index (χ3v) is 6.19. The molecule has 1 fully saturated rings. The minimum Gasteiger partial charge on any atom is -0.550 e. The van der Waals surface area contributed by atoms with Crippen molar-refractivity contribution in [2.24, 2.45) is 11.5 Å². The average Bonchev–Trinajstić information content (AvgIpc) is 3.32.